The van der Waals surface area contributed by atoms with Crippen molar-refractivity contribution in [3.05, 3.63) is 74.8 Å². The fourth-order valence-electron chi connectivity index (χ4n) is 2.31. The summed E-state index contributed by atoms with van der Waals surface area (Å²) in [6.07, 6.45) is 8.03. The van der Waals surface area contributed by atoms with Crippen molar-refractivity contribution < 1.29 is 14.5 Å². The number of amides is 2. The summed E-state index contributed by atoms with van der Waals surface area (Å²) in [5.74, 6) is 1.62. The average molecular weight is 398 g/mol. The van der Waals surface area contributed by atoms with Gasteiger partial charge in [-0.2, -0.15) is 0 Å². The number of halogens is 1. The van der Waals surface area contributed by atoms with Crippen LogP contribution < -0.4 is 10.2 Å². The molecule has 2 aromatic rings. The van der Waals surface area contributed by atoms with Gasteiger partial charge in [-0.05, 0) is 35.9 Å². The standard InChI is InChI=1S/C20H16ClN3O4/c1-3-14-5-4-6-16(11-14)23(13-19(25)22-2)20(26)10-8-15-7-9-17(21)18(12-15)24(27)28/h1,4-12H,13H2,2H3,(H,22,25)/b10-8+. The Bertz CT molecular complexity index is 995. The number of nitrogens with one attached hydrogen (secondary N) is 1. The molecule has 0 atom stereocenters. The number of nitro groups is 1. The highest BCUT2D eigenvalue weighted by Crippen LogP contribution is 2.25. The molecule has 8 heteroatoms. The third-order valence-corrected chi connectivity index (χ3v) is 4.08. The zero-order valence-electron chi connectivity index (χ0n) is 14.9. The minimum absolute atomic E-state index is 0.000759. The van der Waals surface area contributed by atoms with Crippen LogP contribution in [0.1, 0.15) is 11.1 Å². The van der Waals surface area contributed by atoms with Crippen molar-refractivity contribution in [2.45, 2.75) is 0 Å². The highest BCUT2D eigenvalue weighted by Gasteiger charge is 2.17. The lowest BCUT2D eigenvalue weighted by molar-refractivity contribution is -0.384. The highest BCUT2D eigenvalue weighted by atomic mass is 35.5. The third kappa shape index (κ3) is 5.19. The summed E-state index contributed by atoms with van der Waals surface area (Å²) < 4.78 is 0. The highest BCUT2D eigenvalue weighted by molar-refractivity contribution is 6.32. The van der Waals surface area contributed by atoms with E-state index in [0.29, 0.717) is 16.8 Å². The van der Waals surface area contributed by atoms with E-state index in [1.54, 1.807) is 30.3 Å². The second kappa shape index (κ2) is 9.35. The van der Waals surface area contributed by atoms with Crippen molar-refractivity contribution in [3.8, 4) is 12.3 Å². The quantitative estimate of drug-likeness (QED) is 0.351. The maximum atomic E-state index is 12.7. The topological polar surface area (TPSA) is 92.6 Å². The van der Waals surface area contributed by atoms with Gasteiger partial charge in [-0.1, -0.05) is 29.7 Å². The smallest absolute Gasteiger partial charge is 0.288 e. The Hall–Kier alpha value is -3.63. The van der Waals surface area contributed by atoms with Crippen LogP contribution in [0.2, 0.25) is 5.02 Å². The van der Waals surface area contributed by atoms with E-state index in [-0.39, 0.29) is 23.2 Å². The number of anilines is 1. The molecule has 2 rings (SSSR count). The molecule has 2 amide bonds. The van der Waals surface area contributed by atoms with Gasteiger partial charge >= 0.3 is 0 Å². The Morgan fingerprint density at radius 3 is 2.71 bits per heavy atom. The molecule has 0 aromatic heterocycles. The van der Waals surface area contributed by atoms with Crippen molar-refractivity contribution in [3.63, 3.8) is 0 Å². The van der Waals surface area contributed by atoms with E-state index in [1.807, 2.05) is 0 Å². The van der Waals surface area contributed by atoms with Crippen molar-refractivity contribution in [2.75, 3.05) is 18.5 Å². The van der Waals surface area contributed by atoms with E-state index in [4.69, 9.17) is 18.0 Å². The molecule has 0 aliphatic rings. The molecule has 0 aliphatic carbocycles. The first kappa shape index (κ1) is 20.7. The first-order chi connectivity index (χ1) is 13.3. The van der Waals surface area contributed by atoms with Crippen molar-refractivity contribution in [2.24, 2.45) is 0 Å². The maximum absolute atomic E-state index is 12.7. The molecular formula is C20H16ClN3O4. The van der Waals surface area contributed by atoms with Crippen LogP contribution >= 0.6 is 11.6 Å². The molecule has 0 saturated heterocycles. The fourth-order valence-corrected chi connectivity index (χ4v) is 2.50. The van der Waals surface area contributed by atoms with Crippen LogP contribution in [0.4, 0.5) is 11.4 Å². The zero-order valence-corrected chi connectivity index (χ0v) is 15.6. The summed E-state index contributed by atoms with van der Waals surface area (Å²) in [6.45, 7) is -0.214. The molecule has 0 heterocycles. The number of hydrogen-bond donors (Lipinski definition) is 1. The molecule has 0 bridgehead atoms. The summed E-state index contributed by atoms with van der Waals surface area (Å²) in [5, 5.41) is 13.4. The van der Waals surface area contributed by atoms with Crippen molar-refractivity contribution in [1.29, 1.82) is 0 Å². The Morgan fingerprint density at radius 2 is 2.07 bits per heavy atom. The number of nitrogens with zero attached hydrogens (tertiary/aromatic N) is 2. The van der Waals surface area contributed by atoms with Crippen molar-refractivity contribution >= 4 is 40.9 Å². The largest absolute Gasteiger partial charge is 0.358 e. The van der Waals surface area contributed by atoms with Crippen LogP contribution in [0.15, 0.2) is 48.5 Å². The number of nitro benzene ring substituents is 1. The molecule has 2 aromatic carbocycles. The first-order valence-corrected chi connectivity index (χ1v) is 8.44. The van der Waals surface area contributed by atoms with Gasteiger partial charge < -0.3 is 5.32 Å². The van der Waals surface area contributed by atoms with Gasteiger partial charge in [-0.15, -0.1) is 6.42 Å². The van der Waals surface area contributed by atoms with Gasteiger partial charge in [-0.25, -0.2) is 0 Å². The van der Waals surface area contributed by atoms with Gasteiger partial charge in [-0.3, -0.25) is 24.6 Å². The summed E-state index contributed by atoms with van der Waals surface area (Å²) in [6, 6.07) is 10.8. The number of rotatable bonds is 6. The van der Waals surface area contributed by atoms with Gasteiger partial charge in [0, 0.05) is 30.4 Å². The van der Waals surface area contributed by atoms with E-state index in [9.17, 15) is 19.7 Å². The van der Waals surface area contributed by atoms with Crippen molar-refractivity contribution in [1.82, 2.24) is 5.32 Å². The molecule has 0 aliphatic heterocycles. The van der Waals surface area contributed by atoms with Crippen LogP contribution in [-0.2, 0) is 9.59 Å². The molecule has 142 valence electrons. The van der Waals surface area contributed by atoms with Crippen LogP contribution in [0.3, 0.4) is 0 Å². The predicted octanol–water partition coefficient (Wildman–Crippen LogP) is 3.02. The lowest BCUT2D eigenvalue weighted by Gasteiger charge is -2.20. The third-order valence-electron chi connectivity index (χ3n) is 3.76. The Morgan fingerprint density at radius 1 is 1.32 bits per heavy atom. The summed E-state index contributed by atoms with van der Waals surface area (Å²) >= 11 is 5.78. The maximum Gasteiger partial charge on any atom is 0.288 e. The molecule has 0 radical (unpaired) electrons. The lowest BCUT2D eigenvalue weighted by atomic mass is 10.1. The minimum Gasteiger partial charge on any atom is -0.358 e. The molecule has 28 heavy (non-hydrogen) atoms. The second-order valence-electron chi connectivity index (χ2n) is 5.59. The Balaban J connectivity index is 2.33. The van der Waals surface area contributed by atoms with Gasteiger partial charge in [0.2, 0.25) is 5.91 Å². The number of carbonyl (C=O) groups is 2. The normalized spacial score (nSPS) is 10.3. The van der Waals surface area contributed by atoms with Gasteiger partial charge in [0.05, 0.1) is 4.92 Å². The van der Waals surface area contributed by atoms with Gasteiger partial charge in [0.25, 0.3) is 11.6 Å². The molecule has 0 fully saturated rings. The summed E-state index contributed by atoms with van der Waals surface area (Å²) in [5.41, 5.74) is 1.17. The Labute approximate surface area is 166 Å². The number of benzene rings is 2. The summed E-state index contributed by atoms with van der Waals surface area (Å²) in [7, 11) is 1.46. The molecule has 0 unspecified atom stereocenters. The van der Waals surface area contributed by atoms with Crippen LogP contribution in [-0.4, -0.2) is 30.3 Å². The van der Waals surface area contributed by atoms with E-state index >= 15 is 0 Å². The van der Waals surface area contributed by atoms with Gasteiger partial charge in [0.15, 0.2) is 0 Å². The zero-order chi connectivity index (χ0) is 20.7. The van der Waals surface area contributed by atoms with Crippen LogP contribution in [0.25, 0.3) is 6.08 Å². The first-order valence-electron chi connectivity index (χ1n) is 8.06. The molecule has 7 nitrogen and oxygen atoms in total. The van der Waals surface area contributed by atoms with E-state index in [2.05, 4.69) is 11.2 Å². The minimum atomic E-state index is -0.606. The average Bonchev–Trinajstić information content (AvgIpc) is 2.70. The predicted molar refractivity (Wildman–Crippen MR) is 108 cm³/mol. The Kier molecular flexibility index (Phi) is 6.90. The molecule has 1 N–H and O–H groups in total. The van der Waals surface area contributed by atoms with Crippen LogP contribution in [0, 0.1) is 22.5 Å². The number of hydrogen-bond acceptors (Lipinski definition) is 4. The lowest BCUT2D eigenvalue weighted by Crippen LogP contribution is -2.39. The fraction of sp³-hybridized carbons (Fsp3) is 0.100. The van der Waals surface area contributed by atoms with E-state index < -0.39 is 10.8 Å². The van der Waals surface area contributed by atoms with E-state index in [1.165, 1.54) is 36.2 Å². The molecular weight excluding hydrogens is 382 g/mol. The number of terminal acetylenes is 1. The van der Waals surface area contributed by atoms with Crippen LogP contribution in [0.5, 0.6) is 0 Å². The summed E-state index contributed by atoms with van der Waals surface area (Å²) in [4.78, 5) is 36.2. The number of likely N-dealkylation sites (N-methyl/N-ethyl adjacent to an activating group) is 1. The second-order valence-corrected chi connectivity index (χ2v) is 6.00. The SMILES string of the molecule is C#Cc1cccc(N(CC(=O)NC)C(=O)/C=C/c2ccc(Cl)c([N+](=O)[O-])c2)c1. The number of carbonyl (C=O) groups excluding carboxylic acids is 2. The van der Waals surface area contributed by atoms with E-state index in [0.717, 1.165) is 0 Å². The molecule has 0 spiro atoms. The van der Waals surface area contributed by atoms with Gasteiger partial charge in [0.1, 0.15) is 11.6 Å². The molecule has 0 saturated carbocycles. The monoisotopic (exact) mass is 397 g/mol.